The maximum atomic E-state index is 13.1. The Hall–Kier alpha value is -3.60. The van der Waals surface area contributed by atoms with Crippen LogP contribution in [-0.4, -0.2) is 24.1 Å². The van der Waals surface area contributed by atoms with Crippen molar-refractivity contribution in [3.8, 4) is 11.5 Å². The van der Waals surface area contributed by atoms with Gasteiger partial charge in [-0.15, -0.1) is 0 Å². The van der Waals surface area contributed by atoms with Crippen LogP contribution in [0.4, 0.5) is 0 Å². The molecule has 0 spiro atoms. The van der Waals surface area contributed by atoms with Crippen LogP contribution in [0.1, 0.15) is 29.8 Å². The number of nitrogens with one attached hydrogen (secondary N) is 1. The first-order valence-electron chi connectivity index (χ1n) is 9.62. The molecule has 1 N–H and O–H groups in total. The summed E-state index contributed by atoms with van der Waals surface area (Å²) < 4.78 is 11.5. The van der Waals surface area contributed by atoms with Crippen LogP contribution in [0.2, 0.25) is 0 Å². The first-order chi connectivity index (χ1) is 14.3. The largest absolute Gasteiger partial charge is 0.490 e. The predicted molar refractivity (Wildman–Crippen MR) is 112 cm³/mol. The number of carbonyl (C=O) groups excluding carboxylic acids is 1. The van der Waals surface area contributed by atoms with Crippen molar-refractivity contribution in [3.63, 3.8) is 0 Å². The first kappa shape index (κ1) is 18.7. The number of amides is 1. The molecule has 5 heteroatoms. The Morgan fingerprint density at radius 2 is 1.93 bits per heavy atom. The molecule has 0 saturated heterocycles. The second-order valence-electron chi connectivity index (χ2n) is 6.64. The van der Waals surface area contributed by atoms with Crippen molar-refractivity contribution in [2.45, 2.75) is 13.0 Å². The maximum Gasteiger partial charge on any atom is 0.251 e. The lowest BCUT2D eigenvalue weighted by molar-refractivity contribution is -0.118. The molecule has 0 saturated carbocycles. The zero-order valence-electron chi connectivity index (χ0n) is 16.2. The van der Waals surface area contributed by atoms with E-state index < -0.39 is 0 Å². The average Bonchev–Trinajstić information content (AvgIpc) is 2.78. The number of pyridine rings is 1. The van der Waals surface area contributed by atoms with Gasteiger partial charge in [0.2, 0.25) is 0 Å². The highest BCUT2D eigenvalue weighted by Crippen LogP contribution is 2.36. The Morgan fingerprint density at radius 1 is 1.10 bits per heavy atom. The van der Waals surface area contributed by atoms with Crippen LogP contribution in [0.5, 0.6) is 11.5 Å². The number of benzene rings is 2. The molecule has 146 valence electrons. The van der Waals surface area contributed by atoms with Gasteiger partial charge in [0.15, 0.2) is 11.5 Å². The number of ether oxygens (including phenoxy) is 2. The number of rotatable bonds is 6. The molecule has 3 aromatic rings. The second kappa shape index (κ2) is 8.61. The summed E-state index contributed by atoms with van der Waals surface area (Å²) in [7, 11) is 0. The van der Waals surface area contributed by atoms with Gasteiger partial charge >= 0.3 is 0 Å². The van der Waals surface area contributed by atoms with E-state index in [0.29, 0.717) is 23.7 Å². The van der Waals surface area contributed by atoms with Gasteiger partial charge in [0.1, 0.15) is 6.61 Å². The van der Waals surface area contributed by atoms with Crippen LogP contribution in [-0.2, 0) is 4.79 Å². The number of hydrogen-bond donors (Lipinski definition) is 1. The van der Waals surface area contributed by atoms with Gasteiger partial charge in [-0.2, -0.15) is 0 Å². The Bertz CT molecular complexity index is 977. The van der Waals surface area contributed by atoms with Crippen molar-refractivity contribution in [2.75, 3.05) is 13.2 Å². The molecule has 1 aliphatic heterocycles. The molecule has 29 heavy (non-hydrogen) atoms. The molecule has 0 unspecified atom stereocenters. The van der Waals surface area contributed by atoms with Crippen LogP contribution in [0.3, 0.4) is 0 Å². The third-order valence-corrected chi connectivity index (χ3v) is 4.69. The topological polar surface area (TPSA) is 60.5 Å². The summed E-state index contributed by atoms with van der Waals surface area (Å²) in [5.41, 5.74) is 3.14. The number of para-hydroxylation sites is 1. The van der Waals surface area contributed by atoms with Gasteiger partial charge in [0.25, 0.3) is 5.91 Å². The Balaban J connectivity index is 1.61. The highest BCUT2D eigenvalue weighted by atomic mass is 16.5. The van der Waals surface area contributed by atoms with Crippen LogP contribution in [0, 0.1) is 0 Å². The third kappa shape index (κ3) is 4.14. The summed E-state index contributed by atoms with van der Waals surface area (Å²) in [6, 6.07) is 20.8. The van der Waals surface area contributed by atoms with Crippen LogP contribution < -0.4 is 14.8 Å². The fraction of sp³-hybridized carbons (Fsp3) is 0.167. The molecular formula is C24H22N2O3. The minimum Gasteiger partial charge on any atom is -0.490 e. The zero-order valence-corrected chi connectivity index (χ0v) is 16.2. The number of nitrogens with zero attached hydrogens (tertiary/aromatic N) is 1. The van der Waals surface area contributed by atoms with Crippen LogP contribution in [0.15, 0.2) is 78.5 Å². The standard InChI is InChI=1S/C24H22N2O3/c1-2-28-21-13-8-11-18-15-19(16-29-23(18)21)24(27)26-22(17-9-4-3-5-10-17)20-12-6-7-14-25-20/h3-15,22H,2,16H2,1H3,(H,26,27)/t22-/m1/s1. The molecule has 1 aromatic heterocycles. The van der Waals surface area contributed by atoms with Gasteiger partial charge < -0.3 is 14.8 Å². The minimum atomic E-state index is -0.345. The number of hydrogen-bond acceptors (Lipinski definition) is 4. The molecule has 0 bridgehead atoms. The maximum absolute atomic E-state index is 13.1. The zero-order chi connectivity index (χ0) is 20.1. The van der Waals surface area contributed by atoms with E-state index in [1.165, 1.54) is 0 Å². The molecule has 0 fully saturated rings. The van der Waals surface area contributed by atoms with Crippen molar-refractivity contribution < 1.29 is 14.3 Å². The summed E-state index contributed by atoms with van der Waals surface area (Å²) in [5.74, 6) is 1.18. The van der Waals surface area contributed by atoms with Gasteiger partial charge in [-0.25, -0.2) is 0 Å². The van der Waals surface area contributed by atoms with E-state index in [2.05, 4.69) is 10.3 Å². The predicted octanol–water partition coefficient (Wildman–Crippen LogP) is 4.16. The van der Waals surface area contributed by atoms with Gasteiger partial charge in [-0.1, -0.05) is 48.5 Å². The Labute approximate surface area is 170 Å². The summed E-state index contributed by atoms with van der Waals surface area (Å²) >= 11 is 0. The summed E-state index contributed by atoms with van der Waals surface area (Å²) in [4.78, 5) is 17.5. The summed E-state index contributed by atoms with van der Waals surface area (Å²) in [5, 5.41) is 3.11. The molecule has 4 rings (SSSR count). The number of carbonyl (C=O) groups is 1. The molecule has 2 heterocycles. The van der Waals surface area contributed by atoms with Gasteiger partial charge in [-0.3, -0.25) is 9.78 Å². The smallest absolute Gasteiger partial charge is 0.251 e. The van der Waals surface area contributed by atoms with Gasteiger partial charge in [0.05, 0.1) is 23.9 Å². The fourth-order valence-corrected chi connectivity index (χ4v) is 3.32. The van der Waals surface area contributed by atoms with E-state index in [1.54, 1.807) is 6.20 Å². The van der Waals surface area contributed by atoms with E-state index in [4.69, 9.17) is 9.47 Å². The van der Waals surface area contributed by atoms with E-state index >= 15 is 0 Å². The average molecular weight is 386 g/mol. The van der Waals surface area contributed by atoms with Crippen molar-refractivity contribution in [1.29, 1.82) is 0 Å². The monoisotopic (exact) mass is 386 g/mol. The summed E-state index contributed by atoms with van der Waals surface area (Å²) in [6.45, 7) is 2.67. The molecule has 2 aromatic carbocycles. The van der Waals surface area contributed by atoms with E-state index in [9.17, 15) is 4.79 Å². The van der Waals surface area contributed by atoms with Crippen LogP contribution >= 0.6 is 0 Å². The molecule has 0 aliphatic carbocycles. The summed E-state index contributed by atoms with van der Waals surface area (Å²) in [6.07, 6.45) is 3.59. The lowest BCUT2D eigenvalue weighted by Crippen LogP contribution is -2.33. The highest BCUT2D eigenvalue weighted by molar-refractivity contribution is 5.99. The van der Waals surface area contributed by atoms with E-state index in [1.807, 2.05) is 79.7 Å². The van der Waals surface area contributed by atoms with Crippen molar-refractivity contribution >= 4 is 12.0 Å². The van der Waals surface area contributed by atoms with Gasteiger partial charge in [0, 0.05) is 11.8 Å². The number of fused-ring (bicyclic) bond motifs is 1. The molecule has 5 nitrogen and oxygen atoms in total. The molecular weight excluding hydrogens is 364 g/mol. The Kier molecular flexibility index (Phi) is 5.56. The molecule has 1 atom stereocenters. The second-order valence-corrected chi connectivity index (χ2v) is 6.64. The van der Waals surface area contributed by atoms with Crippen molar-refractivity contribution in [1.82, 2.24) is 10.3 Å². The highest BCUT2D eigenvalue weighted by Gasteiger charge is 2.24. The lowest BCUT2D eigenvalue weighted by atomic mass is 10.0. The Morgan fingerprint density at radius 3 is 2.69 bits per heavy atom. The quantitative estimate of drug-likeness (QED) is 0.691. The van der Waals surface area contributed by atoms with Gasteiger partial charge in [-0.05, 0) is 36.8 Å². The van der Waals surface area contributed by atoms with E-state index in [-0.39, 0.29) is 18.6 Å². The molecule has 1 aliphatic rings. The lowest BCUT2D eigenvalue weighted by Gasteiger charge is -2.23. The minimum absolute atomic E-state index is 0.183. The normalized spacial score (nSPS) is 13.5. The molecule has 0 radical (unpaired) electrons. The first-order valence-corrected chi connectivity index (χ1v) is 9.62. The fourth-order valence-electron chi connectivity index (χ4n) is 3.32. The van der Waals surface area contributed by atoms with Crippen molar-refractivity contribution in [3.05, 3.63) is 95.3 Å². The SMILES string of the molecule is CCOc1cccc2c1OCC(C(=O)N[C@H](c1ccccc1)c1ccccn1)=C2. The number of aromatic nitrogens is 1. The van der Waals surface area contributed by atoms with Crippen molar-refractivity contribution in [2.24, 2.45) is 0 Å². The van der Waals surface area contributed by atoms with E-state index in [0.717, 1.165) is 16.8 Å². The molecule has 1 amide bonds. The third-order valence-electron chi connectivity index (χ3n) is 4.69. The van der Waals surface area contributed by atoms with Crippen LogP contribution in [0.25, 0.3) is 6.08 Å².